The van der Waals surface area contributed by atoms with Crippen LogP contribution >= 0.6 is 0 Å². The molecule has 3 rings (SSSR count). The molecule has 0 unspecified atom stereocenters. The number of hydrazine groups is 1. The van der Waals surface area contributed by atoms with Crippen LogP contribution in [0.5, 0.6) is 5.75 Å². The van der Waals surface area contributed by atoms with E-state index in [4.69, 9.17) is 4.74 Å². The van der Waals surface area contributed by atoms with Crippen molar-refractivity contribution in [3.8, 4) is 5.75 Å². The number of aromatic nitrogens is 2. The summed E-state index contributed by atoms with van der Waals surface area (Å²) >= 11 is 0. The van der Waals surface area contributed by atoms with E-state index >= 15 is 0 Å². The summed E-state index contributed by atoms with van der Waals surface area (Å²) in [5.74, 6) is 1.14. The lowest BCUT2D eigenvalue weighted by molar-refractivity contribution is 0.414. The minimum atomic E-state index is -3.28. The first-order valence-corrected chi connectivity index (χ1v) is 8.04. The van der Waals surface area contributed by atoms with E-state index in [9.17, 15) is 8.42 Å². The number of ether oxygens (including phenoxy) is 1. The van der Waals surface area contributed by atoms with Gasteiger partial charge in [-0.2, -0.15) is 0 Å². The normalized spacial score (nSPS) is 13.7. The van der Waals surface area contributed by atoms with Crippen molar-refractivity contribution in [2.75, 3.05) is 23.8 Å². The van der Waals surface area contributed by atoms with Gasteiger partial charge < -0.3 is 9.72 Å². The topological polar surface area (TPSA) is 87.3 Å². The summed E-state index contributed by atoms with van der Waals surface area (Å²) in [7, 11) is -1.78. The molecule has 0 fully saturated rings. The maximum Gasteiger partial charge on any atom is 0.175 e. The van der Waals surface area contributed by atoms with Gasteiger partial charge in [-0.05, 0) is 18.2 Å². The first kappa shape index (κ1) is 13.5. The quantitative estimate of drug-likeness (QED) is 0.896. The van der Waals surface area contributed by atoms with Crippen molar-refractivity contribution >= 4 is 27.4 Å². The Balaban J connectivity index is 2.00. The van der Waals surface area contributed by atoms with E-state index in [1.165, 1.54) is 13.2 Å². The first-order valence-electron chi connectivity index (χ1n) is 6.14. The summed E-state index contributed by atoms with van der Waals surface area (Å²) in [6.07, 6.45) is 6.42. The third-order valence-corrected chi connectivity index (χ3v) is 4.23. The minimum absolute atomic E-state index is 0.213. The molecule has 0 saturated heterocycles. The number of nitrogens with one attached hydrogen (secondary N) is 2. The molecule has 0 radical (unpaired) electrons. The summed E-state index contributed by atoms with van der Waals surface area (Å²) in [5.41, 5.74) is 4.66. The van der Waals surface area contributed by atoms with Gasteiger partial charge >= 0.3 is 0 Å². The van der Waals surface area contributed by atoms with Gasteiger partial charge in [0.2, 0.25) is 0 Å². The van der Waals surface area contributed by atoms with Crippen LogP contribution < -0.4 is 15.2 Å². The Kier molecular flexibility index (Phi) is 3.09. The molecule has 0 amide bonds. The molecule has 0 saturated carbocycles. The van der Waals surface area contributed by atoms with E-state index in [1.54, 1.807) is 29.7 Å². The van der Waals surface area contributed by atoms with Crippen LogP contribution in [0.25, 0.3) is 6.08 Å². The van der Waals surface area contributed by atoms with Gasteiger partial charge in [-0.15, -0.1) is 0 Å². The highest BCUT2D eigenvalue weighted by Crippen LogP contribution is 2.33. The van der Waals surface area contributed by atoms with Gasteiger partial charge in [-0.3, -0.25) is 10.4 Å². The lowest BCUT2D eigenvalue weighted by Gasteiger charge is -2.26. The van der Waals surface area contributed by atoms with E-state index in [0.717, 1.165) is 11.9 Å². The number of benzene rings is 1. The third-order valence-electron chi connectivity index (χ3n) is 3.12. The second-order valence-corrected chi connectivity index (χ2v) is 6.58. The predicted molar refractivity (Wildman–Crippen MR) is 79.8 cm³/mol. The van der Waals surface area contributed by atoms with Crippen LogP contribution in [0.2, 0.25) is 0 Å². The number of H-pyrrole nitrogens is 1. The van der Waals surface area contributed by atoms with Crippen molar-refractivity contribution in [2.24, 2.45) is 0 Å². The maximum absolute atomic E-state index is 11.6. The van der Waals surface area contributed by atoms with Gasteiger partial charge in [-0.25, -0.2) is 13.4 Å². The molecule has 0 aliphatic carbocycles. The molecule has 0 spiro atoms. The molecule has 2 aromatic rings. The number of aromatic amines is 1. The Morgan fingerprint density at radius 1 is 1.33 bits per heavy atom. The molecule has 2 N–H and O–H groups in total. The number of hydrogen-bond acceptors (Lipinski definition) is 6. The number of imidazole rings is 1. The van der Waals surface area contributed by atoms with Crippen molar-refractivity contribution in [3.63, 3.8) is 0 Å². The first-order chi connectivity index (χ1) is 9.99. The van der Waals surface area contributed by atoms with E-state index in [2.05, 4.69) is 15.4 Å². The smallest absolute Gasteiger partial charge is 0.175 e. The van der Waals surface area contributed by atoms with E-state index in [-0.39, 0.29) is 4.90 Å². The summed E-state index contributed by atoms with van der Waals surface area (Å²) in [6, 6.07) is 4.73. The molecule has 110 valence electrons. The molecule has 0 bridgehead atoms. The molecule has 21 heavy (non-hydrogen) atoms. The van der Waals surface area contributed by atoms with Crippen LogP contribution in [-0.2, 0) is 9.84 Å². The van der Waals surface area contributed by atoms with Crippen LogP contribution in [0.3, 0.4) is 0 Å². The number of sulfone groups is 1. The lowest BCUT2D eigenvalue weighted by atomic mass is 10.2. The standard InChI is InChI=1S/C13H14N4O3S/c1-20-12-7-9(21(2,18)19)3-4-11(12)17-6-5-10-13(16-17)15-8-14-10/h3-8,16H,1-2H3,(H,14,15). The van der Waals surface area contributed by atoms with Crippen molar-refractivity contribution in [2.45, 2.75) is 4.90 Å². The summed E-state index contributed by atoms with van der Waals surface area (Å²) in [6.45, 7) is 0. The molecule has 1 aliphatic heterocycles. The molecule has 1 aromatic carbocycles. The van der Waals surface area contributed by atoms with E-state index in [1.807, 2.05) is 6.08 Å². The zero-order chi connectivity index (χ0) is 15.0. The van der Waals surface area contributed by atoms with Gasteiger partial charge in [0, 0.05) is 18.5 Å². The fourth-order valence-corrected chi connectivity index (χ4v) is 2.69. The fraction of sp³-hybridized carbons (Fsp3) is 0.154. The fourth-order valence-electron chi connectivity index (χ4n) is 2.05. The van der Waals surface area contributed by atoms with Crippen molar-refractivity contribution in [3.05, 3.63) is 36.4 Å². The van der Waals surface area contributed by atoms with Gasteiger partial charge in [0.15, 0.2) is 15.7 Å². The van der Waals surface area contributed by atoms with Crippen LogP contribution in [0, 0.1) is 0 Å². The Morgan fingerprint density at radius 2 is 2.14 bits per heavy atom. The van der Waals surface area contributed by atoms with E-state index in [0.29, 0.717) is 17.3 Å². The molecule has 2 heterocycles. The van der Waals surface area contributed by atoms with Crippen LogP contribution in [0.15, 0.2) is 35.6 Å². The lowest BCUT2D eigenvalue weighted by Crippen LogP contribution is -2.27. The van der Waals surface area contributed by atoms with E-state index < -0.39 is 9.84 Å². The van der Waals surface area contributed by atoms with Crippen molar-refractivity contribution < 1.29 is 13.2 Å². The Hall–Kier alpha value is -2.48. The van der Waals surface area contributed by atoms with Crippen molar-refractivity contribution in [1.29, 1.82) is 0 Å². The molecule has 1 aromatic heterocycles. The zero-order valence-electron chi connectivity index (χ0n) is 11.5. The number of nitrogens with zero attached hydrogens (tertiary/aromatic N) is 2. The second kappa shape index (κ2) is 4.81. The third kappa shape index (κ3) is 2.45. The summed E-state index contributed by atoms with van der Waals surface area (Å²) in [5, 5.41) is 1.72. The SMILES string of the molecule is COc1cc(S(C)(=O)=O)ccc1N1C=Cc2[nH]cnc2N1. The van der Waals surface area contributed by atoms with Gasteiger partial charge in [0.05, 0.1) is 24.0 Å². The van der Waals surface area contributed by atoms with Gasteiger partial charge in [0.25, 0.3) is 0 Å². The largest absolute Gasteiger partial charge is 0.494 e. The van der Waals surface area contributed by atoms with Gasteiger partial charge in [-0.1, -0.05) is 0 Å². The summed E-state index contributed by atoms with van der Waals surface area (Å²) < 4.78 is 28.5. The predicted octanol–water partition coefficient (Wildman–Crippen LogP) is 1.64. The maximum atomic E-state index is 11.6. The Labute approximate surface area is 122 Å². The van der Waals surface area contributed by atoms with Gasteiger partial charge in [0.1, 0.15) is 11.4 Å². The highest BCUT2D eigenvalue weighted by Gasteiger charge is 2.18. The molecule has 8 heteroatoms. The highest BCUT2D eigenvalue weighted by molar-refractivity contribution is 7.90. The molecule has 7 nitrogen and oxygen atoms in total. The Morgan fingerprint density at radius 3 is 2.86 bits per heavy atom. The van der Waals surface area contributed by atoms with Crippen LogP contribution in [-0.4, -0.2) is 31.8 Å². The van der Waals surface area contributed by atoms with Crippen molar-refractivity contribution in [1.82, 2.24) is 9.97 Å². The highest BCUT2D eigenvalue weighted by atomic mass is 32.2. The summed E-state index contributed by atoms with van der Waals surface area (Å²) in [4.78, 5) is 7.35. The molecular formula is C13H14N4O3S. The molecule has 0 atom stereocenters. The van der Waals surface area contributed by atoms with Crippen LogP contribution in [0.1, 0.15) is 5.69 Å². The molecule has 1 aliphatic rings. The number of rotatable bonds is 3. The number of anilines is 2. The number of hydrogen-bond donors (Lipinski definition) is 2. The Bertz CT molecular complexity index is 811. The second-order valence-electron chi connectivity index (χ2n) is 4.57. The van der Waals surface area contributed by atoms with Crippen LogP contribution in [0.4, 0.5) is 11.5 Å². The minimum Gasteiger partial charge on any atom is -0.494 e. The number of fused-ring (bicyclic) bond motifs is 1. The average molecular weight is 306 g/mol. The zero-order valence-corrected chi connectivity index (χ0v) is 12.3. The number of methoxy groups -OCH3 is 1. The molecular weight excluding hydrogens is 292 g/mol. The monoisotopic (exact) mass is 306 g/mol. The average Bonchev–Trinajstić information content (AvgIpc) is 2.93.